The summed E-state index contributed by atoms with van der Waals surface area (Å²) in [4.78, 5) is 24.9. The first-order chi connectivity index (χ1) is 19.0. The van der Waals surface area contributed by atoms with Crippen molar-refractivity contribution < 1.29 is 9.59 Å². The number of H-pyrrole nitrogens is 1. The maximum atomic E-state index is 12.5. The molecule has 1 aliphatic heterocycles. The van der Waals surface area contributed by atoms with Crippen LogP contribution < -0.4 is 16.1 Å². The molecule has 3 heterocycles. The molecule has 0 aliphatic carbocycles. The first kappa shape index (κ1) is 26.1. The summed E-state index contributed by atoms with van der Waals surface area (Å²) in [7, 11) is 1.88. The van der Waals surface area contributed by atoms with Gasteiger partial charge in [-0.2, -0.15) is 5.10 Å². The summed E-state index contributed by atoms with van der Waals surface area (Å²) in [6, 6.07) is 15.4. The van der Waals surface area contributed by atoms with Gasteiger partial charge >= 0.3 is 0 Å². The molecule has 11 heteroatoms. The zero-order chi connectivity index (χ0) is 27.0. The van der Waals surface area contributed by atoms with E-state index in [1.807, 2.05) is 72.7 Å². The number of rotatable bonds is 11. The number of unbranched alkanes of at least 4 members (excludes halogenated alkanes) is 1. The predicted molar refractivity (Wildman–Crippen MR) is 151 cm³/mol. The van der Waals surface area contributed by atoms with E-state index < -0.39 is 0 Å². The van der Waals surface area contributed by atoms with Gasteiger partial charge in [0.1, 0.15) is 10.8 Å². The van der Waals surface area contributed by atoms with Crippen molar-refractivity contribution in [3.63, 3.8) is 0 Å². The minimum Gasteiger partial charge on any atom is -0.311 e. The highest BCUT2D eigenvalue weighted by atomic mass is 32.1. The SMILES string of the molecule is CN1NC(CCCCc2nnc(NC(=O)Cc3cccc4[nH]ncc34)s2)=CC=C1NC(=O)Cc1ccccc1. The van der Waals surface area contributed by atoms with E-state index in [1.165, 1.54) is 11.3 Å². The third-order valence-corrected chi connectivity index (χ3v) is 7.21. The minimum absolute atomic E-state index is 0.0547. The molecule has 2 aromatic heterocycles. The van der Waals surface area contributed by atoms with Crippen molar-refractivity contribution in [1.82, 2.24) is 36.1 Å². The van der Waals surface area contributed by atoms with Crippen molar-refractivity contribution in [2.75, 3.05) is 12.4 Å². The first-order valence-corrected chi connectivity index (χ1v) is 13.6. The summed E-state index contributed by atoms with van der Waals surface area (Å²) >= 11 is 1.41. The first-order valence-electron chi connectivity index (χ1n) is 12.8. The van der Waals surface area contributed by atoms with Gasteiger partial charge in [0.25, 0.3) is 0 Å². The molecule has 0 atom stereocenters. The highest BCUT2D eigenvalue weighted by Crippen LogP contribution is 2.21. The quantitative estimate of drug-likeness (QED) is 0.212. The number of benzene rings is 2. The molecule has 2 amide bonds. The summed E-state index contributed by atoms with van der Waals surface area (Å²) in [5, 5.41) is 25.3. The van der Waals surface area contributed by atoms with Gasteiger partial charge < -0.3 is 16.1 Å². The Balaban J connectivity index is 1.03. The standard InChI is InChI=1S/C28H30N8O2S/c1-36-24(30-25(37)16-19-8-3-2-4-9-19)15-14-21(35-36)11-5-6-13-27-33-34-28(39-27)31-26(38)17-20-10-7-12-23-22(20)18-29-32-23/h2-4,7-10,12,14-15,18,35H,5-6,11,13,16-17H2,1H3,(H,29,32)(H,30,37)(H,31,34,38). The molecule has 0 radical (unpaired) electrons. The monoisotopic (exact) mass is 542 g/mol. The lowest BCUT2D eigenvalue weighted by atomic mass is 10.1. The highest BCUT2D eigenvalue weighted by molar-refractivity contribution is 7.15. The number of anilines is 1. The summed E-state index contributed by atoms with van der Waals surface area (Å²) < 4.78 is 0. The average Bonchev–Trinajstić information content (AvgIpc) is 3.59. The molecule has 10 nitrogen and oxygen atoms in total. The molecule has 5 rings (SSSR count). The van der Waals surface area contributed by atoms with Gasteiger partial charge in [-0.25, -0.2) is 0 Å². The van der Waals surface area contributed by atoms with E-state index in [4.69, 9.17) is 0 Å². The highest BCUT2D eigenvalue weighted by Gasteiger charge is 2.15. The van der Waals surface area contributed by atoms with Crippen LogP contribution in [0.15, 0.2) is 78.4 Å². The number of hydrogen-bond acceptors (Lipinski definition) is 8. The van der Waals surface area contributed by atoms with Gasteiger partial charge in [-0.1, -0.05) is 53.8 Å². The average molecular weight is 543 g/mol. The molecule has 0 saturated carbocycles. The lowest BCUT2D eigenvalue weighted by molar-refractivity contribution is -0.120. The van der Waals surface area contributed by atoms with Crippen LogP contribution in [-0.4, -0.2) is 44.3 Å². The van der Waals surface area contributed by atoms with E-state index in [1.54, 1.807) is 6.20 Å². The molecular weight excluding hydrogens is 512 g/mol. The summed E-state index contributed by atoms with van der Waals surface area (Å²) in [6.45, 7) is 0. The van der Waals surface area contributed by atoms with Crippen LogP contribution in [0.1, 0.15) is 35.4 Å². The molecule has 0 saturated heterocycles. The van der Waals surface area contributed by atoms with Crippen molar-refractivity contribution in [1.29, 1.82) is 0 Å². The molecule has 2 aromatic carbocycles. The number of carbonyl (C=O) groups is 2. The predicted octanol–water partition coefficient (Wildman–Crippen LogP) is 3.84. The van der Waals surface area contributed by atoms with Gasteiger partial charge in [-0.05, 0) is 48.6 Å². The number of aromatic nitrogens is 4. The second-order valence-electron chi connectivity index (χ2n) is 9.31. The molecular formula is C28H30N8O2S. The fourth-order valence-corrected chi connectivity index (χ4v) is 5.15. The van der Waals surface area contributed by atoms with Crippen molar-refractivity contribution in [3.05, 3.63) is 94.5 Å². The van der Waals surface area contributed by atoms with Gasteiger partial charge in [0.15, 0.2) is 0 Å². The Morgan fingerprint density at radius 1 is 0.923 bits per heavy atom. The maximum absolute atomic E-state index is 12.5. The van der Waals surface area contributed by atoms with E-state index in [0.29, 0.717) is 17.4 Å². The van der Waals surface area contributed by atoms with Crippen LogP contribution in [0.5, 0.6) is 0 Å². The molecule has 0 fully saturated rings. The molecule has 4 N–H and O–H groups in total. The van der Waals surface area contributed by atoms with Crippen LogP contribution >= 0.6 is 11.3 Å². The molecule has 0 unspecified atom stereocenters. The second-order valence-corrected chi connectivity index (χ2v) is 10.4. The number of fused-ring (bicyclic) bond motifs is 1. The van der Waals surface area contributed by atoms with Gasteiger partial charge in [-0.3, -0.25) is 19.7 Å². The lowest BCUT2D eigenvalue weighted by Crippen LogP contribution is -2.42. The number of nitrogens with one attached hydrogen (secondary N) is 4. The van der Waals surface area contributed by atoms with Crippen LogP contribution in [0.4, 0.5) is 5.13 Å². The van der Waals surface area contributed by atoms with Crippen LogP contribution in [0, 0.1) is 0 Å². The van der Waals surface area contributed by atoms with Gasteiger partial charge in [-0.15, -0.1) is 10.2 Å². The smallest absolute Gasteiger partial charge is 0.230 e. The molecule has 0 bridgehead atoms. The lowest BCUT2D eigenvalue weighted by Gasteiger charge is -2.29. The van der Waals surface area contributed by atoms with Crippen molar-refractivity contribution in [2.24, 2.45) is 0 Å². The molecule has 4 aromatic rings. The van der Waals surface area contributed by atoms with Crippen LogP contribution in [0.3, 0.4) is 0 Å². The number of allylic oxidation sites excluding steroid dienone is 3. The number of aromatic amines is 1. The number of nitrogens with zero attached hydrogens (tertiary/aromatic N) is 4. The van der Waals surface area contributed by atoms with E-state index in [-0.39, 0.29) is 18.2 Å². The van der Waals surface area contributed by atoms with Crippen LogP contribution in [-0.2, 0) is 28.9 Å². The van der Waals surface area contributed by atoms with Gasteiger partial charge in [0.05, 0.1) is 24.6 Å². The number of hydrazine groups is 1. The molecule has 39 heavy (non-hydrogen) atoms. The summed E-state index contributed by atoms with van der Waals surface area (Å²) in [6.07, 6.45) is 9.80. The van der Waals surface area contributed by atoms with E-state index in [9.17, 15) is 9.59 Å². The maximum Gasteiger partial charge on any atom is 0.230 e. The number of aryl methyl sites for hydroxylation is 1. The van der Waals surface area contributed by atoms with Crippen LogP contribution in [0.2, 0.25) is 0 Å². The minimum atomic E-state index is -0.130. The van der Waals surface area contributed by atoms with E-state index >= 15 is 0 Å². The molecule has 200 valence electrons. The topological polar surface area (TPSA) is 128 Å². The third-order valence-electron chi connectivity index (χ3n) is 6.32. The van der Waals surface area contributed by atoms with E-state index in [0.717, 1.165) is 58.4 Å². The Bertz CT molecular complexity index is 1510. The normalized spacial score (nSPS) is 13.0. The Hall–Kier alpha value is -4.51. The zero-order valence-corrected chi connectivity index (χ0v) is 22.4. The Labute approximate surface area is 230 Å². The Morgan fingerprint density at radius 3 is 2.59 bits per heavy atom. The van der Waals surface area contributed by atoms with Crippen molar-refractivity contribution >= 4 is 39.2 Å². The van der Waals surface area contributed by atoms with Gasteiger partial charge in [0, 0.05) is 24.6 Å². The molecule has 1 aliphatic rings. The number of amides is 2. The fourth-order valence-electron chi connectivity index (χ4n) is 4.35. The largest absolute Gasteiger partial charge is 0.311 e. The number of carbonyl (C=O) groups excluding carboxylic acids is 2. The van der Waals surface area contributed by atoms with Gasteiger partial charge in [0.2, 0.25) is 16.9 Å². The molecule has 0 spiro atoms. The Kier molecular flexibility index (Phi) is 8.27. The zero-order valence-electron chi connectivity index (χ0n) is 21.6. The van der Waals surface area contributed by atoms with E-state index in [2.05, 4.69) is 36.5 Å². The number of hydrogen-bond donors (Lipinski definition) is 4. The van der Waals surface area contributed by atoms with Crippen molar-refractivity contribution in [2.45, 2.75) is 38.5 Å². The van der Waals surface area contributed by atoms with Crippen LogP contribution in [0.25, 0.3) is 10.9 Å². The third kappa shape index (κ3) is 7.08. The second kappa shape index (κ2) is 12.4. The fraction of sp³-hybridized carbons (Fsp3) is 0.250. The van der Waals surface area contributed by atoms with Crippen molar-refractivity contribution in [3.8, 4) is 0 Å². The Morgan fingerprint density at radius 2 is 1.74 bits per heavy atom. The summed E-state index contributed by atoms with van der Waals surface area (Å²) in [5.74, 6) is 0.528. The summed E-state index contributed by atoms with van der Waals surface area (Å²) in [5.41, 5.74) is 7.20.